The van der Waals surface area contributed by atoms with E-state index in [9.17, 15) is 4.79 Å². The van der Waals surface area contributed by atoms with Crippen LogP contribution >= 0.6 is 11.8 Å². The monoisotopic (exact) mass is 257 g/mol. The third-order valence-corrected chi connectivity index (χ3v) is 3.36. The molecule has 1 unspecified atom stereocenters. The molecule has 6 heteroatoms. The fourth-order valence-corrected chi connectivity index (χ4v) is 2.08. The van der Waals surface area contributed by atoms with Gasteiger partial charge in [-0.25, -0.2) is 0 Å². The van der Waals surface area contributed by atoms with Gasteiger partial charge in [0.1, 0.15) is 6.04 Å². The minimum Gasteiger partial charge on any atom is -0.396 e. The average molecular weight is 257 g/mol. The molecule has 0 spiro atoms. The maximum atomic E-state index is 11.7. The Morgan fingerprint density at radius 2 is 2.41 bits per heavy atom. The Labute approximate surface area is 106 Å². The van der Waals surface area contributed by atoms with Gasteiger partial charge in [-0.05, 0) is 25.2 Å². The quantitative estimate of drug-likeness (QED) is 0.672. The van der Waals surface area contributed by atoms with Crippen LogP contribution < -0.4 is 5.32 Å². The highest BCUT2D eigenvalue weighted by atomic mass is 32.2. The van der Waals surface area contributed by atoms with Crippen LogP contribution in [0, 0.1) is 0 Å². The van der Waals surface area contributed by atoms with Gasteiger partial charge >= 0.3 is 0 Å². The summed E-state index contributed by atoms with van der Waals surface area (Å²) >= 11 is 1.73. The predicted molar refractivity (Wildman–Crippen MR) is 69.0 cm³/mol. The first-order valence-corrected chi connectivity index (χ1v) is 6.86. The fourth-order valence-electron chi connectivity index (χ4n) is 1.29. The highest BCUT2D eigenvalue weighted by molar-refractivity contribution is 7.99. The molecule has 1 heterocycles. The number of hydrogen-bond donors (Lipinski definition) is 2. The van der Waals surface area contributed by atoms with E-state index in [4.69, 9.17) is 5.11 Å². The summed E-state index contributed by atoms with van der Waals surface area (Å²) in [6.07, 6.45) is 4.25. The summed E-state index contributed by atoms with van der Waals surface area (Å²) in [6, 6.07) is 1.53. The first-order chi connectivity index (χ1) is 8.25. The van der Waals surface area contributed by atoms with E-state index in [1.807, 2.05) is 6.92 Å². The van der Waals surface area contributed by atoms with Gasteiger partial charge in [-0.15, -0.1) is 0 Å². The van der Waals surface area contributed by atoms with Gasteiger partial charge in [0.15, 0.2) is 0 Å². The Kier molecular flexibility index (Phi) is 6.73. The van der Waals surface area contributed by atoms with Crippen molar-refractivity contribution < 1.29 is 9.90 Å². The van der Waals surface area contributed by atoms with Crippen molar-refractivity contribution in [1.82, 2.24) is 15.1 Å². The Balaban J connectivity index is 2.13. The second-order valence-electron chi connectivity index (χ2n) is 3.64. The van der Waals surface area contributed by atoms with Gasteiger partial charge in [-0.2, -0.15) is 16.9 Å². The summed E-state index contributed by atoms with van der Waals surface area (Å²) in [5.74, 6) is 1.79. The third-order valence-electron chi connectivity index (χ3n) is 2.29. The number of rotatable bonds is 8. The van der Waals surface area contributed by atoms with Gasteiger partial charge < -0.3 is 10.4 Å². The van der Waals surface area contributed by atoms with Crippen molar-refractivity contribution >= 4 is 17.7 Å². The number of carbonyl (C=O) groups excluding carboxylic acids is 1. The third kappa shape index (κ3) is 5.23. The molecule has 96 valence electrons. The highest BCUT2D eigenvalue weighted by Crippen LogP contribution is 2.04. The lowest BCUT2D eigenvalue weighted by atomic mass is 10.3. The van der Waals surface area contributed by atoms with Crippen molar-refractivity contribution in [2.45, 2.75) is 19.4 Å². The van der Waals surface area contributed by atoms with Crippen LogP contribution in [0.2, 0.25) is 0 Å². The summed E-state index contributed by atoms with van der Waals surface area (Å²) in [7, 11) is 0. The molecule has 0 bridgehead atoms. The van der Waals surface area contributed by atoms with E-state index < -0.39 is 0 Å². The zero-order valence-corrected chi connectivity index (χ0v) is 10.8. The van der Waals surface area contributed by atoms with E-state index in [-0.39, 0.29) is 18.6 Å². The Hall–Kier alpha value is -1.01. The van der Waals surface area contributed by atoms with Crippen molar-refractivity contribution in [2.24, 2.45) is 0 Å². The lowest BCUT2D eigenvalue weighted by molar-refractivity contribution is -0.124. The fraction of sp³-hybridized carbons (Fsp3) is 0.636. The largest absolute Gasteiger partial charge is 0.396 e. The lowest BCUT2D eigenvalue weighted by Crippen LogP contribution is -2.32. The van der Waals surface area contributed by atoms with E-state index in [0.29, 0.717) is 6.54 Å². The summed E-state index contributed by atoms with van der Waals surface area (Å²) in [4.78, 5) is 11.7. The number of nitrogens with one attached hydrogen (secondary N) is 1. The molecular formula is C11H19N3O2S. The molecule has 5 nitrogen and oxygen atoms in total. The van der Waals surface area contributed by atoms with Gasteiger partial charge in [0.25, 0.3) is 0 Å². The molecule has 0 aliphatic carbocycles. The topological polar surface area (TPSA) is 67.2 Å². The molecule has 0 saturated heterocycles. The van der Waals surface area contributed by atoms with Gasteiger partial charge in [-0.3, -0.25) is 9.48 Å². The molecular weight excluding hydrogens is 238 g/mol. The highest BCUT2D eigenvalue weighted by Gasteiger charge is 2.13. The molecule has 1 rings (SSSR count). The minimum absolute atomic E-state index is 0.0172. The maximum Gasteiger partial charge on any atom is 0.244 e. The van der Waals surface area contributed by atoms with E-state index in [2.05, 4.69) is 10.4 Å². The van der Waals surface area contributed by atoms with Crippen LogP contribution in [0.15, 0.2) is 18.5 Å². The van der Waals surface area contributed by atoms with Crippen molar-refractivity contribution in [3.05, 3.63) is 18.5 Å². The summed E-state index contributed by atoms with van der Waals surface area (Å²) < 4.78 is 1.63. The van der Waals surface area contributed by atoms with Crippen LogP contribution in [0.5, 0.6) is 0 Å². The Morgan fingerprint density at radius 1 is 1.59 bits per heavy atom. The number of amides is 1. The number of thioether (sulfide) groups is 1. The molecule has 1 amide bonds. The second-order valence-corrected chi connectivity index (χ2v) is 4.87. The van der Waals surface area contributed by atoms with Crippen LogP contribution in [0.3, 0.4) is 0 Å². The first-order valence-electron chi connectivity index (χ1n) is 5.71. The molecule has 1 aromatic heterocycles. The standard InChI is InChI=1S/C11H19N3O2S/c1-10(14-6-2-4-13-14)11(16)12-5-9-17-8-3-7-15/h2,4,6,10,15H,3,5,7-9H2,1H3,(H,12,16). The molecule has 0 aliphatic heterocycles. The normalized spacial score (nSPS) is 12.4. The number of nitrogens with zero attached hydrogens (tertiary/aromatic N) is 2. The van der Waals surface area contributed by atoms with Crippen LogP contribution in [0.4, 0.5) is 0 Å². The zero-order chi connectivity index (χ0) is 12.5. The predicted octanol–water partition coefficient (Wildman–Crippen LogP) is 0.676. The zero-order valence-electron chi connectivity index (χ0n) is 10.0. The molecule has 2 N–H and O–H groups in total. The Morgan fingerprint density at radius 3 is 3.06 bits per heavy atom. The van der Waals surface area contributed by atoms with E-state index in [1.54, 1.807) is 34.9 Å². The van der Waals surface area contributed by atoms with Crippen molar-refractivity contribution in [3.63, 3.8) is 0 Å². The van der Waals surface area contributed by atoms with Crippen LogP contribution in [0.1, 0.15) is 19.4 Å². The Bertz CT molecular complexity index is 317. The summed E-state index contributed by atoms with van der Waals surface area (Å²) in [5.41, 5.74) is 0. The molecule has 0 aromatic carbocycles. The number of aromatic nitrogens is 2. The molecule has 0 saturated carbocycles. The number of carbonyl (C=O) groups is 1. The maximum absolute atomic E-state index is 11.7. The van der Waals surface area contributed by atoms with Crippen LogP contribution in [-0.2, 0) is 4.79 Å². The van der Waals surface area contributed by atoms with Gasteiger partial charge in [0.05, 0.1) is 0 Å². The van der Waals surface area contributed by atoms with Crippen molar-refractivity contribution in [2.75, 3.05) is 24.7 Å². The van der Waals surface area contributed by atoms with Crippen LogP contribution in [-0.4, -0.2) is 45.5 Å². The molecule has 0 fully saturated rings. The number of hydrogen-bond acceptors (Lipinski definition) is 4. The summed E-state index contributed by atoms with van der Waals surface area (Å²) in [6.45, 7) is 2.71. The second kappa shape index (κ2) is 8.14. The number of aliphatic hydroxyl groups is 1. The minimum atomic E-state index is -0.271. The molecule has 1 aromatic rings. The first kappa shape index (κ1) is 14.1. The SMILES string of the molecule is CC(C(=O)NCCSCCCO)n1cccn1. The van der Waals surface area contributed by atoms with E-state index in [0.717, 1.165) is 17.9 Å². The van der Waals surface area contributed by atoms with Gasteiger partial charge in [0, 0.05) is 31.3 Å². The molecule has 0 radical (unpaired) electrons. The van der Waals surface area contributed by atoms with Crippen LogP contribution in [0.25, 0.3) is 0 Å². The van der Waals surface area contributed by atoms with E-state index >= 15 is 0 Å². The smallest absolute Gasteiger partial charge is 0.244 e. The van der Waals surface area contributed by atoms with Crippen molar-refractivity contribution in [3.8, 4) is 0 Å². The molecule has 17 heavy (non-hydrogen) atoms. The molecule has 1 atom stereocenters. The van der Waals surface area contributed by atoms with E-state index in [1.165, 1.54) is 0 Å². The lowest BCUT2D eigenvalue weighted by Gasteiger charge is -2.12. The van der Waals surface area contributed by atoms with Crippen molar-refractivity contribution in [1.29, 1.82) is 0 Å². The average Bonchev–Trinajstić information content (AvgIpc) is 2.86. The summed E-state index contributed by atoms with van der Waals surface area (Å²) in [5, 5.41) is 15.5. The molecule has 0 aliphatic rings. The number of aliphatic hydroxyl groups excluding tert-OH is 1. The van der Waals surface area contributed by atoms with Gasteiger partial charge in [0.2, 0.25) is 5.91 Å². The van der Waals surface area contributed by atoms with Gasteiger partial charge in [-0.1, -0.05) is 0 Å².